The Morgan fingerprint density at radius 2 is 1.61 bits per heavy atom. The second-order valence-corrected chi connectivity index (χ2v) is 4.93. The average Bonchev–Trinajstić information content (AvgIpc) is 2.25. The van der Waals surface area contributed by atoms with Crippen LogP contribution in [0.5, 0.6) is 0 Å². The van der Waals surface area contributed by atoms with Crippen LogP contribution in [0, 0.1) is 0 Å². The van der Waals surface area contributed by atoms with Crippen molar-refractivity contribution in [3.63, 3.8) is 0 Å². The monoisotopic (exact) mass is 289 g/mol. The van der Waals surface area contributed by atoms with Gasteiger partial charge in [0.2, 0.25) is 0 Å². The fourth-order valence-electron chi connectivity index (χ4n) is 1.66. The summed E-state index contributed by atoms with van der Waals surface area (Å²) in [6.07, 6.45) is -3.84. The molecular formula is C9H23NO7S. The summed E-state index contributed by atoms with van der Waals surface area (Å²) in [5.74, 6) is 0. The predicted molar refractivity (Wildman–Crippen MR) is 67.1 cm³/mol. The third-order valence-corrected chi connectivity index (χ3v) is 3.63. The lowest BCUT2D eigenvalue weighted by Gasteiger charge is -2.42. The summed E-state index contributed by atoms with van der Waals surface area (Å²) in [4.78, 5) is 0. The molecule has 1 fully saturated rings. The van der Waals surface area contributed by atoms with Gasteiger partial charge in [-0.15, -0.1) is 11.8 Å². The third-order valence-electron chi connectivity index (χ3n) is 2.78. The van der Waals surface area contributed by atoms with Gasteiger partial charge in [-0.3, -0.25) is 0 Å². The van der Waals surface area contributed by atoms with Gasteiger partial charge in [-0.25, -0.2) is 0 Å². The first kappa shape index (κ1) is 20.3. The Morgan fingerprint density at radius 3 is 2.00 bits per heavy atom. The maximum atomic E-state index is 9.71. The standard InChI is InChI=1S/C9H19NO5S.2H2O/c1-3(11)4(10)8-6(13)5(12)7(14)9(15-8)16-2;;/h3-9,11-14H,10H2,1-2H3;2*1H2/t3-,4-,5+,6-,7-,8-,9-;;/m1../s1. The smallest absolute Gasteiger partial charge is 0.132 e. The lowest BCUT2D eigenvalue weighted by atomic mass is 9.93. The van der Waals surface area contributed by atoms with Crippen LogP contribution in [0.3, 0.4) is 0 Å². The lowest BCUT2D eigenvalue weighted by Crippen LogP contribution is -2.63. The van der Waals surface area contributed by atoms with Crippen molar-refractivity contribution in [3.05, 3.63) is 0 Å². The minimum atomic E-state index is -1.32. The minimum Gasteiger partial charge on any atom is -0.412 e. The number of nitrogens with two attached hydrogens (primary N) is 1. The number of rotatable bonds is 3. The number of aliphatic hydroxyl groups is 4. The molecule has 8 nitrogen and oxygen atoms in total. The van der Waals surface area contributed by atoms with Gasteiger partial charge in [0.05, 0.1) is 12.1 Å². The van der Waals surface area contributed by atoms with E-state index < -0.39 is 42.0 Å². The molecule has 0 radical (unpaired) electrons. The lowest BCUT2D eigenvalue weighted by molar-refractivity contribution is -0.207. The first-order valence-corrected chi connectivity index (χ1v) is 6.35. The third kappa shape index (κ3) is 4.02. The molecule has 0 unspecified atom stereocenters. The van der Waals surface area contributed by atoms with Crippen LogP contribution in [0.1, 0.15) is 6.92 Å². The summed E-state index contributed by atoms with van der Waals surface area (Å²) < 4.78 is 5.37. The number of hydrogen-bond donors (Lipinski definition) is 5. The fraction of sp³-hybridized carbons (Fsp3) is 1.00. The molecular weight excluding hydrogens is 266 g/mol. The second-order valence-electron chi connectivity index (χ2n) is 3.99. The normalized spacial score (nSPS) is 39.2. The maximum Gasteiger partial charge on any atom is 0.132 e. The molecule has 0 aliphatic carbocycles. The van der Waals surface area contributed by atoms with Crippen molar-refractivity contribution in [1.82, 2.24) is 0 Å². The van der Waals surface area contributed by atoms with Crippen molar-refractivity contribution < 1.29 is 36.1 Å². The van der Waals surface area contributed by atoms with Gasteiger partial charge in [0.1, 0.15) is 29.9 Å². The quantitative estimate of drug-likeness (QED) is 0.353. The van der Waals surface area contributed by atoms with Gasteiger partial charge in [-0.05, 0) is 13.2 Å². The molecule has 112 valence electrons. The largest absolute Gasteiger partial charge is 0.412 e. The van der Waals surface area contributed by atoms with Crippen LogP contribution in [0.15, 0.2) is 0 Å². The Kier molecular flexibility index (Phi) is 9.33. The highest BCUT2D eigenvalue weighted by molar-refractivity contribution is 7.99. The van der Waals surface area contributed by atoms with E-state index in [-0.39, 0.29) is 11.0 Å². The Balaban J connectivity index is 0. The molecule has 1 aliphatic rings. The van der Waals surface area contributed by atoms with E-state index in [1.54, 1.807) is 6.26 Å². The van der Waals surface area contributed by atoms with Crippen LogP contribution in [-0.4, -0.2) is 79.6 Å². The van der Waals surface area contributed by atoms with Crippen LogP contribution < -0.4 is 5.73 Å². The zero-order valence-corrected chi connectivity index (χ0v) is 11.0. The minimum absolute atomic E-state index is 0. The van der Waals surface area contributed by atoms with Crippen LogP contribution >= 0.6 is 11.8 Å². The highest BCUT2D eigenvalue weighted by Crippen LogP contribution is 2.28. The molecule has 1 saturated heterocycles. The number of thioether (sulfide) groups is 1. The van der Waals surface area contributed by atoms with Gasteiger partial charge in [-0.2, -0.15) is 0 Å². The van der Waals surface area contributed by atoms with E-state index in [9.17, 15) is 20.4 Å². The molecule has 1 aliphatic heterocycles. The summed E-state index contributed by atoms with van der Waals surface area (Å²) >= 11 is 1.21. The topological polar surface area (TPSA) is 179 Å². The van der Waals surface area contributed by atoms with E-state index in [4.69, 9.17) is 10.5 Å². The summed E-state index contributed by atoms with van der Waals surface area (Å²) in [6.45, 7) is 1.48. The first-order valence-electron chi connectivity index (χ1n) is 5.06. The zero-order valence-electron chi connectivity index (χ0n) is 10.2. The molecule has 1 rings (SSSR count). The highest BCUT2D eigenvalue weighted by Gasteiger charge is 2.46. The number of ether oxygens (including phenoxy) is 1. The van der Waals surface area contributed by atoms with Crippen molar-refractivity contribution in [2.75, 3.05) is 6.26 Å². The second kappa shape index (κ2) is 8.25. The zero-order chi connectivity index (χ0) is 12.5. The molecule has 18 heavy (non-hydrogen) atoms. The van der Waals surface area contributed by atoms with E-state index in [2.05, 4.69) is 0 Å². The Hall–Kier alpha value is 0.0300. The molecule has 9 heteroatoms. The first-order chi connectivity index (χ1) is 7.40. The molecule has 0 spiro atoms. The fourth-order valence-corrected chi connectivity index (χ4v) is 2.34. The van der Waals surface area contributed by atoms with Crippen LogP contribution in [0.25, 0.3) is 0 Å². The molecule has 0 saturated carbocycles. The number of aliphatic hydroxyl groups excluding tert-OH is 4. The summed E-state index contributed by atoms with van der Waals surface area (Å²) in [7, 11) is 0. The maximum absolute atomic E-state index is 9.71. The van der Waals surface area contributed by atoms with Crippen LogP contribution in [-0.2, 0) is 4.74 Å². The van der Waals surface area contributed by atoms with Gasteiger partial charge >= 0.3 is 0 Å². The van der Waals surface area contributed by atoms with Crippen LogP contribution in [0.4, 0.5) is 0 Å². The van der Waals surface area contributed by atoms with Crippen molar-refractivity contribution in [2.45, 2.75) is 48.9 Å². The van der Waals surface area contributed by atoms with E-state index in [0.717, 1.165) is 0 Å². The highest BCUT2D eigenvalue weighted by atomic mass is 32.2. The van der Waals surface area contributed by atoms with E-state index in [0.29, 0.717) is 0 Å². The Labute approximate surface area is 109 Å². The van der Waals surface area contributed by atoms with Gasteiger partial charge in [0.25, 0.3) is 0 Å². The van der Waals surface area contributed by atoms with Crippen molar-refractivity contribution in [3.8, 4) is 0 Å². The van der Waals surface area contributed by atoms with E-state index >= 15 is 0 Å². The molecule has 0 aromatic rings. The Bertz CT molecular complexity index is 231. The number of hydrogen-bond acceptors (Lipinski definition) is 7. The van der Waals surface area contributed by atoms with Gasteiger partial charge in [0.15, 0.2) is 0 Å². The van der Waals surface area contributed by atoms with Gasteiger partial charge in [-0.1, -0.05) is 0 Å². The summed E-state index contributed by atoms with van der Waals surface area (Å²) in [5, 5.41) is 38.2. The molecule has 0 bridgehead atoms. The van der Waals surface area contributed by atoms with E-state index in [1.807, 2.05) is 0 Å². The molecule has 0 amide bonds. The summed E-state index contributed by atoms with van der Waals surface area (Å²) in [5.41, 5.74) is 5.01. The van der Waals surface area contributed by atoms with Crippen LogP contribution in [0.2, 0.25) is 0 Å². The predicted octanol–water partition coefficient (Wildman–Crippen LogP) is -3.78. The molecule has 1 heterocycles. The van der Waals surface area contributed by atoms with E-state index in [1.165, 1.54) is 18.7 Å². The summed E-state index contributed by atoms with van der Waals surface area (Å²) in [6, 6.07) is -0.813. The van der Waals surface area contributed by atoms with Gasteiger partial charge < -0.3 is 41.8 Å². The van der Waals surface area contributed by atoms with Crippen molar-refractivity contribution >= 4 is 11.8 Å². The molecule has 10 N–H and O–H groups in total. The SMILES string of the molecule is CS[C@H]1O[C@H]([C@H](N)[C@@H](C)O)[C@H](O)[C@H](O)[C@H]1O.O.O. The van der Waals surface area contributed by atoms with Gasteiger partial charge in [0, 0.05) is 0 Å². The molecule has 0 aromatic heterocycles. The Morgan fingerprint density at radius 1 is 1.11 bits per heavy atom. The molecule has 0 aromatic carbocycles. The average molecular weight is 289 g/mol. The van der Waals surface area contributed by atoms with Crippen molar-refractivity contribution in [2.24, 2.45) is 5.73 Å². The van der Waals surface area contributed by atoms with Crippen molar-refractivity contribution in [1.29, 1.82) is 0 Å². The molecule has 7 atom stereocenters.